The van der Waals surface area contributed by atoms with Crippen molar-refractivity contribution in [1.82, 2.24) is 0 Å². The van der Waals surface area contributed by atoms with Gasteiger partial charge in [-0.05, 0) is 19.8 Å². The van der Waals surface area contributed by atoms with Crippen molar-refractivity contribution in [3.8, 4) is 23.9 Å². The average Bonchev–Trinajstić information content (AvgIpc) is 2.03. The molecule has 0 atom stereocenters. The van der Waals surface area contributed by atoms with E-state index >= 15 is 0 Å². The third kappa shape index (κ3) is 8.88. The Balaban J connectivity index is 3.13. The maximum atomic E-state index is 4.99. The van der Waals surface area contributed by atoms with Gasteiger partial charge in [0.25, 0.3) is 0 Å². The molecule has 0 amide bonds. The molecule has 0 aromatic carbocycles. The molecular formula is C9H12O2. The van der Waals surface area contributed by atoms with Gasteiger partial charge in [-0.25, -0.2) is 0 Å². The second kappa shape index (κ2) is 8.88. The molecular weight excluding hydrogens is 140 g/mol. The molecule has 0 aromatic heterocycles. The Labute approximate surface area is 67.9 Å². The van der Waals surface area contributed by atoms with Crippen LogP contribution in [0.1, 0.15) is 13.8 Å². The van der Waals surface area contributed by atoms with E-state index in [4.69, 9.17) is 9.47 Å². The van der Waals surface area contributed by atoms with E-state index in [1.54, 1.807) is 6.92 Å². The molecule has 0 saturated heterocycles. The Morgan fingerprint density at radius 3 is 2.55 bits per heavy atom. The lowest BCUT2D eigenvalue weighted by Gasteiger charge is -1.89. The smallest absolute Gasteiger partial charge is 0.112 e. The third-order valence-electron chi connectivity index (χ3n) is 0.814. The van der Waals surface area contributed by atoms with E-state index in [0.717, 1.165) is 0 Å². The highest BCUT2D eigenvalue weighted by atomic mass is 16.5. The molecule has 60 valence electrons. The van der Waals surface area contributed by atoms with Gasteiger partial charge in [-0.3, -0.25) is 0 Å². The van der Waals surface area contributed by atoms with Gasteiger partial charge in [0.2, 0.25) is 0 Å². The molecule has 0 aliphatic rings. The molecule has 0 aliphatic carbocycles. The molecule has 2 heteroatoms. The highest BCUT2D eigenvalue weighted by Crippen LogP contribution is 1.71. The summed E-state index contributed by atoms with van der Waals surface area (Å²) in [6.45, 7) is 5.10. The summed E-state index contributed by atoms with van der Waals surface area (Å²) in [5.41, 5.74) is 0. The molecule has 2 nitrogen and oxygen atoms in total. The Kier molecular flexibility index (Phi) is 7.98. The zero-order valence-corrected chi connectivity index (χ0v) is 6.94. The first kappa shape index (κ1) is 9.88. The van der Waals surface area contributed by atoms with Gasteiger partial charge in [-0.15, -0.1) is 5.92 Å². The normalized spacial score (nSPS) is 7.09. The minimum atomic E-state index is 0.384. The monoisotopic (exact) mass is 152 g/mol. The molecule has 11 heavy (non-hydrogen) atoms. The first-order valence-electron chi connectivity index (χ1n) is 3.48. The van der Waals surface area contributed by atoms with Crippen LogP contribution < -0.4 is 0 Å². The van der Waals surface area contributed by atoms with Crippen molar-refractivity contribution in [2.24, 2.45) is 0 Å². The van der Waals surface area contributed by atoms with Gasteiger partial charge < -0.3 is 9.47 Å². The van der Waals surface area contributed by atoms with E-state index in [2.05, 4.69) is 23.9 Å². The second-order valence-electron chi connectivity index (χ2n) is 1.63. The molecule has 0 rings (SSSR count). The summed E-state index contributed by atoms with van der Waals surface area (Å²) in [6.07, 6.45) is 2.49. The maximum absolute atomic E-state index is 4.99. The Hall–Kier alpha value is -1.12. The molecule has 0 bridgehead atoms. The topological polar surface area (TPSA) is 18.5 Å². The predicted molar refractivity (Wildman–Crippen MR) is 43.7 cm³/mol. The molecule has 0 fully saturated rings. The van der Waals surface area contributed by atoms with Gasteiger partial charge in [0.05, 0.1) is 6.61 Å². The van der Waals surface area contributed by atoms with Gasteiger partial charge in [0.15, 0.2) is 0 Å². The average molecular weight is 152 g/mol. The van der Waals surface area contributed by atoms with Gasteiger partial charge >= 0.3 is 0 Å². The van der Waals surface area contributed by atoms with Crippen LogP contribution in [0.4, 0.5) is 0 Å². The van der Waals surface area contributed by atoms with Crippen molar-refractivity contribution >= 4 is 0 Å². The molecule has 0 heterocycles. The summed E-state index contributed by atoms with van der Waals surface area (Å²) in [7, 11) is 0. The van der Waals surface area contributed by atoms with Crippen LogP contribution in [0.5, 0.6) is 0 Å². The van der Waals surface area contributed by atoms with Crippen LogP contribution in [0, 0.1) is 23.9 Å². The van der Waals surface area contributed by atoms with Gasteiger partial charge in [0, 0.05) is 0 Å². The van der Waals surface area contributed by atoms with Crippen LogP contribution in [-0.4, -0.2) is 19.8 Å². The van der Waals surface area contributed by atoms with Crippen molar-refractivity contribution in [2.75, 3.05) is 19.8 Å². The standard InChI is InChI=1S/C9H12O2/c1-3-5-7-11-9-6-8-10-4-2/h4,7,9H2,1-2H3. The van der Waals surface area contributed by atoms with Gasteiger partial charge in [-0.2, -0.15) is 0 Å². The van der Waals surface area contributed by atoms with Gasteiger partial charge in [-0.1, -0.05) is 5.92 Å². The molecule has 0 spiro atoms. The molecule has 0 aromatic rings. The van der Waals surface area contributed by atoms with Crippen molar-refractivity contribution in [3.63, 3.8) is 0 Å². The molecule has 0 N–H and O–H groups in total. The van der Waals surface area contributed by atoms with Crippen molar-refractivity contribution < 1.29 is 9.47 Å². The van der Waals surface area contributed by atoms with E-state index < -0.39 is 0 Å². The van der Waals surface area contributed by atoms with E-state index in [1.807, 2.05) is 6.92 Å². The van der Waals surface area contributed by atoms with Crippen LogP contribution in [0.15, 0.2) is 0 Å². The number of rotatable bonds is 3. The summed E-state index contributed by atoms with van der Waals surface area (Å²) in [6, 6.07) is 0. The lowest BCUT2D eigenvalue weighted by atomic mass is 10.6. The third-order valence-corrected chi connectivity index (χ3v) is 0.814. The molecule has 0 unspecified atom stereocenters. The minimum Gasteiger partial charge on any atom is -0.447 e. The number of hydrogen-bond donors (Lipinski definition) is 0. The van der Waals surface area contributed by atoms with Crippen LogP contribution >= 0.6 is 0 Å². The highest BCUT2D eigenvalue weighted by molar-refractivity contribution is 4.96. The fraction of sp³-hybridized carbons (Fsp3) is 0.556. The fourth-order valence-corrected chi connectivity index (χ4v) is 0.378. The van der Waals surface area contributed by atoms with E-state index in [-0.39, 0.29) is 0 Å². The number of hydrogen-bond acceptors (Lipinski definition) is 2. The zero-order valence-electron chi connectivity index (χ0n) is 6.94. The fourth-order valence-electron chi connectivity index (χ4n) is 0.378. The molecule has 0 aliphatic heterocycles. The van der Waals surface area contributed by atoms with E-state index in [1.165, 1.54) is 0 Å². The molecule has 0 saturated carbocycles. The summed E-state index contributed by atoms with van der Waals surface area (Å²) >= 11 is 0. The van der Waals surface area contributed by atoms with Crippen molar-refractivity contribution in [1.29, 1.82) is 0 Å². The summed E-state index contributed by atoms with van der Waals surface area (Å²) in [5.74, 6) is 8.16. The lowest BCUT2D eigenvalue weighted by Crippen LogP contribution is -1.91. The largest absolute Gasteiger partial charge is 0.447 e. The van der Waals surface area contributed by atoms with E-state index in [9.17, 15) is 0 Å². The van der Waals surface area contributed by atoms with Crippen LogP contribution in [0.25, 0.3) is 0 Å². The zero-order chi connectivity index (χ0) is 8.36. The van der Waals surface area contributed by atoms with Crippen LogP contribution in [-0.2, 0) is 9.47 Å². The maximum Gasteiger partial charge on any atom is 0.112 e. The predicted octanol–water partition coefficient (Wildman–Crippen LogP) is 1.02. The summed E-state index contributed by atoms with van der Waals surface area (Å²) in [5, 5.41) is 0. The van der Waals surface area contributed by atoms with Crippen LogP contribution in [0.2, 0.25) is 0 Å². The summed E-state index contributed by atoms with van der Waals surface area (Å²) < 4.78 is 9.76. The van der Waals surface area contributed by atoms with Gasteiger partial charge in [0.1, 0.15) is 19.3 Å². The first-order valence-corrected chi connectivity index (χ1v) is 3.48. The first-order chi connectivity index (χ1) is 5.41. The Morgan fingerprint density at radius 2 is 1.91 bits per heavy atom. The van der Waals surface area contributed by atoms with Crippen molar-refractivity contribution in [3.05, 3.63) is 0 Å². The number of ether oxygens (including phenoxy) is 2. The summed E-state index contributed by atoms with van der Waals surface area (Å²) in [4.78, 5) is 0. The lowest BCUT2D eigenvalue weighted by molar-refractivity contribution is 0.203. The Morgan fingerprint density at radius 1 is 1.18 bits per heavy atom. The van der Waals surface area contributed by atoms with Crippen LogP contribution in [0.3, 0.4) is 0 Å². The quantitative estimate of drug-likeness (QED) is 0.444. The Bertz CT molecular complexity index is 187. The highest BCUT2D eigenvalue weighted by Gasteiger charge is 1.75. The van der Waals surface area contributed by atoms with E-state index in [0.29, 0.717) is 19.8 Å². The molecule has 0 radical (unpaired) electrons. The SMILES string of the molecule is CC#CCOCC#COCC. The minimum absolute atomic E-state index is 0.384. The second-order valence-corrected chi connectivity index (χ2v) is 1.63. The van der Waals surface area contributed by atoms with Crippen molar-refractivity contribution in [2.45, 2.75) is 13.8 Å².